The predicted octanol–water partition coefficient (Wildman–Crippen LogP) is 2.94. The van der Waals surface area contributed by atoms with Gasteiger partial charge in [-0.2, -0.15) is 13.2 Å². The van der Waals surface area contributed by atoms with Crippen LogP contribution >= 0.6 is 0 Å². The third-order valence-electron chi connectivity index (χ3n) is 2.64. The van der Waals surface area contributed by atoms with Crippen LogP contribution in [0.1, 0.15) is 27.6 Å². The van der Waals surface area contributed by atoms with Gasteiger partial charge in [-0.15, -0.1) is 0 Å². The highest BCUT2D eigenvalue weighted by Gasteiger charge is 2.45. The molecule has 0 N–H and O–H groups in total. The Hall–Kier alpha value is -1.91. The number of fused-ring (bicyclic) bond motifs is 1. The van der Waals surface area contributed by atoms with Crippen LogP contribution in [-0.2, 0) is 0 Å². The maximum atomic E-state index is 12.7. The Balaban J connectivity index is 2.71. The van der Waals surface area contributed by atoms with Crippen LogP contribution < -0.4 is 0 Å². The van der Waals surface area contributed by atoms with Crippen molar-refractivity contribution in [3.8, 4) is 0 Å². The summed E-state index contributed by atoms with van der Waals surface area (Å²) in [6.45, 7) is 1.03. The van der Waals surface area contributed by atoms with Gasteiger partial charge in [0, 0.05) is 16.7 Å². The molecule has 0 saturated carbocycles. The number of carbonyl (C=O) groups excluding carboxylic acids is 2. The summed E-state index contributed by atoms with van der Waals surface area (Å²) in [5, 5.41) is 0. The lowest BCUT2D eigenvalue weighted by molar-refractivity contribution is -0.0895. The summed E-state index contributed by atoms with van der Waals surface area (Å²) < 4.78 is 38.0. The molecule has 1 aliphatic rings. The monoisotopic (exact) mass is 240 g/mol. The molecule has 0 amide bonds. The van der Waals surface area contributed by atoms with Crippen molar-refractivity contribution in [2.75, 3.05) is 0 Å². The van der Waals surface area contributed by atoms with Crippen LogP contribution in [0.5, 0.6) is 0 Å². The first-order valence-corrected chi connectivity index (χ1v) is 4.80. The third kappa shape index (κ3) is 1.67. The van der Waals surface area contributed by atoms with E-state index in [0.29, 0.717) is 0 Å². The lowest BCUT2D eigenvalue weighted by Gasteiger charge is -2.20. The second kappa shape index (κ2) is 3.55. The van der Waals surface area contributed by atoms with Gasteiger partial charge in [-0.25, -0.2) is 0 Å². The lowest BCUT2D eigenvalue weighted by atomic mass is 9.84. The number of benzene rings is 1. The van der Waals surface area contributed by atoms with Crippen LogP contribution in [0, 0.1) is 0 Å². The number of halogens is 3. The van der Waals surface area contributed by atoms with Crippen molar-refractivity contribution < 1.29 is 22.8 Å². The van der Waals surface area contributed by atoms with Crippen molar-refractivity contribution in [2.45, 2.75) is 13.1 Å². The van der Waals surface area contributed by atoms with Crippen LogP contribution in [0.2, 0.25) is 0 Å². The molecule has 0 bridgehead atoms. The largest absolute Gasteiger partial charge is 0.420 e. The molecule has 0 aliphatic heterocycles. The van der Waals surface area contributed by atoms with Crippen LogP contribution in [-0.4, -0.2) is 17.7 Å². The smallest absolute Gasteiger partial charge is 0.289 e. The van der Waals surface area contributed by atoms with E-state index in [-0.39, 0.29) is 11.1 Å². The molecule has 0 spiro atoms. The Morgan fingerprint density at radius 3 is 1.88 bits per heavy atom. The van der Waals surface area contributed by atoms with Crippen LogP contribution in [0.4, 0.5) is 13.2 Å². The minimum atomic E-state index is -4.80. The van der Waals surface area contributed by atoms with Crippen molar-refractivity contribution in [2.24, 2.45) is 0 Å². The first kappa shape index (κ1) is 11.6. The maximum Gasteiger partial charge on any atom is 0.420 e. The van der Waals surface area contributed by atoms with Crippen LogP contribution in [0.3, 0.4) is 0 Å². The van der Waals surface area contributed by atoms with Gasteiger partial charge in [0.2, 0.25) is 0 Å². The van der Waals surface area contributed by atoms with E-state index in [9.17, 15) is 22.8 Å². The summed E-state index contributed by atoms with van der Waals surface area (Å²) in [7, 11) is 0. The Labute approximate surface area is 94.7 Å². The SMILES string of the molecule is CC1=C(C(F)(F)F)C(=O)c2ccccc2C1=O. The zero-order valence-electron chi connectivity index (χ0n) is 8.76. The molecule has 5 heteroatoms. The Kier molecular flexibility index (Phi) is 2.41. The highest BCUT2D eigenvalue weighted by atomic mass is 19.4. The topological polar surface area (TPSA) is 34.1 Å². The number of hydrogen-bond acceptors (Lipinski definition) is 2. The molecule has 0 atom stereocenters. The third-order valence-corrected chi connectivity index (χ3v) is 2.64. The van der Waals surface area contributed by atoms with Gasteiger partial charge in [-0.05, 0) is 6.92 Å². The molecule has 88 valence electrons. The van der Waals surface area contributed by atoms with Crippen molar-refractivity contribution in [3.05, 3.63) is 46.5 Å². The number of rotatable bonds is 0. The van der Waals surface area contributed by atoms with Crippen LogP contribution in [0.25, 0.3) is 0 Å². The standard InChI is InChI=1S/C12H7F3O2/c1-6-9(12(13,14)15)11(17)8-5-3-2-4-7(8)10(6)16/h2-5H,1H3. The summed E-state index contributed by atoms with van der Waals surface area (Å²) >= 11 is 0. The first-order valence-electron chi connectivity index (χ1n) is 4.80. The molecule has 17 heavy (non-hydrogen) atoms. The van der Waals surface area contributed by atoms with Crippen LogP contribution in [0.15, 0.2) is 35.4 Å². The minimum absolute atomic E-state index is 0.0306. The fourth-order valence-electron chi connectivity index (χ4n) is 1.84. The zero-order valence-corrected chi connectivity index (χ0v) is 8.76. The number of allylic oxidation sites excluding steroid dienone is 2. The van der Waals surface area contributed by atoms with Gasteiger partial charge in [-0.3, -0.25) is 9.59 Å². The second-order valence-electron chi connectivity index (χ2n) is 3.70. The van der Waals surface area contributed by atoms with E-state index < -0.39 is 28.9 Å². The maximum absolute atomic E-state index is 12.7. The van der Waals surface area contributed by atoms with Gasteiger partial charge in [0.25, 0.3) is 0 Å². The van der Waals surface area contributed by atoms with Crippen molar-refractivity contribution in [1.29, 1.82) is 0 Å². The van der Waals surface area contributed by atoms with E-state index >= 15 is 0 Å². The van der Waals surface area contributed by atoms with E-state index in [1.165, 1.54) is 24.3 Å². The van der Waals surface area contributed by atoms with E-state index in [0.717, 1.165) is 6.92 Å². The molecule has 0 radical (unpaired) electrons. The first-order chi connectivity index (χ1) is 7.84. The summed E-state index contributed by atoms with van der Waals surface area (Å²) in [5.74, 6) is -1.88. The Morgan fingerprint density at radius 2 is 1.41 bits per heavy atom. The van der Waals surface area contributed by atoms with Gasteiger partial charge in [0.05, 0.1) is 0 Å². The van der Waals surface area contributed by atoms with E-state index in [4.69, 9.17) is 0 Å². The molecule has 2 nitrogen and oxygen atoms in total. The molecule has 1 aliphatic carbocycles. The fraction of sp³-hybridized carbons (Fsp3) is 0.167. The van der Waals surface area contributed by atoms with E-state index in [1.54, 1.807) is 0 Å². The highest BCUT2D eigenvalue weighted by molar-refractivity contribution is 6.27. The minimum Gasteiger partial charge on any atom is -0.289 e. The number of ketones is 2. The number of hydrogen-bond donors (Lipinski definition) is 0. The lowest BCUT2D eigenvalue weighted by Crippen LogP contribution is -2.29. The number of Topliss-reactive ketones (excluding diaryl/α,β-unsaturated/α-hetero) is 2. The van der Waals surface area contributed by atoms with Crippen molar-refractivity contribution in [1.82, 2.24) is 0 Å². The second-order valence-corrected chi connectivity index (χ2v) is 3.70. The molecular weight excluding hydrogens is 233 g/mol. The summed E-state index contributed by atoms with van der Waals surface area (Å²) in [5.41, 5.74) is -2.05. The molecule has 1 aromatic carbocycles. The average molecular weight is 240 g/mol. The number of carbonyl (C=O) groups is 2. The van der Waals surface area contributed by atoms with Crippen molar-refractivity contribution >= 4 is 11.6 Å². The summed E-state index contributed by atoms with van der Waals surface area (Å²) in [6, 6.07) is 5.52. The molecule has 0 heterocycles. The van der Waals surface area contributed by atoms with Crippen molar-refractivity contribution in [3.63, 3.8) is 0 Å². The normalized spacial score (nSPS) is 16.2. The molecular formula is C12H7F3O2. The average Bonchev–Trinajstić information content (AvgIpc) is 2.24. The van der Waals surface area contributed by atoms with Gasteiger partial charge in [0.1, 0.15) is 5.57 Å². The molecule has 0 fully saturated rings. The molecule has 2 rings (SSSR count). The van der Waals surface area contributed by atoms with Gasteiger partial charge in [0.15, 0.2) is 11.6 Å². The summed E-state index contributed by atoms with van der Waals surface area (Å²) in [6.07, 6.45) is -4.80. The van der Waals surface area contributed by atoms with Gasteiger partial charge < -0.3 is 0 Å². The highest BCUT2D eigenvalue weighted by Crippen LogP contribution is 2.36. The fourth-order valence-corrected chi connectivity index (χ4v) is 1.84. The Bertz CT molecular complexity index is 553. The molecule has 0 aromatic heterocycles. The quantitative estimate of drug-likeness (QED) is 0.698. The van der Waals surface area contributed by atoms with E-state index in [2.05, 4.69) is 0 Å². The van der Waals surface area contributed by atoms with Gasteiger partial charge >= 0.3 is 6.18 Å². The summed E-state index contributed by atoms with van der Waals surface area (Å²) in [4.78, 5) is 23.4. The number of alkyl halides is 3. The predicted molar refractivity (Wildman–Crippen MR) is 53.9 cm³/mol. The van der Waals surface area contributed by atoms with Gasteiger partial charge in [-0.1, -0.05) is 24.3 Å². The molecule has 0 saturated heterocycles. The zero-order chi connectivity index (χ0) is 12.8. The Morgan fingerprint density at radius 1 is 0.941 bits per heavy atom. The molecule has 0 unspecified atom stereocenters. The van der Waals surface area contributed by atoms with E-state index in [1.807, 2.05) is 0 Å². The molecule has 1 aromatic rings.